The van der Waals surface area contributed by atoms with Gasteiger partial charge < -0.3 is 14.5 Å². The number of ether oxygens (including phenoxy) is 1. The van der Waals surface area contributed by atoms with Gasteiger partial charge >= 0.3 is 11.6 Å². The van der Waals surface area contributed by atoms with E-state index < -0.39 is 17.5 Å². The number of benzene rings is 1. The third-order valence-electron chi connectivity index (χ3n) is 3.74. The van der Waals surface area contributed by atoms with Gasteiger partial charge in [-0.2, -0.15) is 0 Å². The second-order valence-electron chi connectivity index (χ2n) is 5.47. The van der Waals surface area contributed by atoms with Crippen LogP contribution < -0.4 is 10.9 Å². The maximum Gasteiger partial charge on any atom is 0.349 e. The molecule has 1 aromatic carbocycles. The van der Waals surface area contributed by atoms with E-state index in [0.717, 1.165) is 4.88 Å². The zero-order valence-electron chi connectivity index (χ0n) is 14.3. The number of fused-ring (bicyclic) bond motifs is 1. The Balaban J connectivity index is 1.95. The smallest absolute Gasteiger partial charge is 0.349 e. The molecule has 0 saturated heterocycles. The summed E-state index contributed by atoms with van der Waals surface area (Å²) in [6.07, 6.45) is 0.713. The van der Waals surface area contributed by atoms with Gasteiger partial charge in [0, 0.05) is 10.3 Å². The molecule has 2 aromatic heterocycles. The summed E-state index contributed by atoms with van der Waals surface area (Å²) in [7, 11) is 0. The molecule has 134 valence electrons. The van der Waals surface area contributed by atoms with Gasteiger partial charge in [-0.15, -0.1) is 11.3 Å². The van der Waals surface area contributed by atoms with Gasteiger partial charge in [0.05, 0.1) is 12.2 Å². The van der Waals surface area contributed by atoms with E-state index in [1.165, 1.54) is 17.4 Å². The van der Waals surface area contributed by atoms with Crippen molar-refractivity contribution in [3.05, 3.63) is 62.8 Å². The van der Waals surface area contributed by atoms with Crippen molar-refractivity contribution < 1.29 is 18.7 Å². The Hall–Kier alpha value is -2.93. The van der Waals surface area contributed by atoms with Crippen molar-refractivity contribution >= 4 is 39.2 Å². The van der Waals surface area contributed by atoms with Crippen LogP contribution in [0.3, 0.4) is 0 Å². The maximum atomic E-state index is 12.6. The number of rotatable bonds is 5. The first kappa shape index (κ1) is 17.9. The van der Waals surface area contributed by atoms with E-state index in [1.54, 1.807) is 37.3 Å². The second-order valence-corrected chi connectivity index (χ2v) is 6.61. The molecule has 0 spiro atoms. The van der Waals surface area contributed by atoms with Crippen LogP contribution in [0.1, 0.15) is 39.4 Å². The molecule has 0 radical (unpaired) electrons. The average Bonchev–Trinajstić information content (AvgIpc) is 3.04. The Kier molecular flexibility index (Phi) is 5.18. The highest BCUT2D eigenvalue weighted by molar-refractivity contribution is 7.16. The molecule has 0 aliphatic rings. The van der Waals surface area contributed by atoms with Crippen LogP contribution in [-0.2, 0) is 11.2 Å². The lowest BCUT2D eigenvalue weighted by molar-refractivity contribution is 0.0528. The number of anilines is 1. The van der Waals surface area contributed by atoms with Gasteiger partial charge in [0.25, 0.3) is 5.91 Å². The largest absolute Gasteiger partial charge is 0.462 e. The minimum Gasteiger partial charge on any atom is -0.462 e. The molecule has 3 rings (SSSR count). The number of hydrogen-bond donors (Lipinski definition) is 1. The number of esters is 1. The van der Waals surface area contributed by atoms with E-state index in [-0.39, 0.29) is 17.7 Å². The first-order chi connectivity index (χ1) is 12.5. The van der Waals surface area contributed by atoms with E-state index in [4.69, 9.17) is 9.15 Å². The number of carbonyl (C=O) groups excluding carboxylic acids is 2. The highest BCUT2D eigenvalue weighted by Crippen LogP contribution is 2.29. The molecular formula is C19H17NO5S. The average molecular weight is 371 g/mol. The van der Waals surface area contributed by atoms with Crippen molar-refractivity contribution in [2.75, 3.05) is 11.9 Å². The van der Waals surface area contributed by atoms with Crippen LogP contribution in [0.5, 0.6) is 0 Å². The van der Waals surface area contributed by atoms with Gasteiger partial charge in [-0.1, -0.05) is 25.1 Å². The van der Waals surface area contributed by atoms with Crippen molar-refractivity contribution in [1.29, 1.82) is 0 Å². The number of nitrogens with one attached hydrogen (secondary N) is 1. The van der Waals surface area contributed by atoms with Crippen molar-refractivity contribution in [2.45, 2.75) is 20.3 Å². The molecule has 26 heavy (non-hydrogen) atoms. The van der Waals surface area contributed by atoms with Gasteiger partial charge in [-0.3, -0.25) is 4.79 Å². The number of amides is 1. The van der Waals surface area contributed by atoms with Gasteiger partial charge in [0.2, 0.25) is 0 Å². The second kappa shape index (κ2) is 7.53. The summed E-state index contributed by atoms with van der Waals surface area (Å²) >= 11 is 1.28. The molecule has 0 saturated carbocycles. The first-order valence-corrected chi connectivity index (χ1v) is 8.99. The standard InChI is InChI=1S/C19H17NO5S/c1-3-12-10-14(18(22)24-4-2)17(26-12)20-16(21)13-9-11-7-5-6-8-15(11)25-19(13)23/h5-10H,3-4H2,1-2H3,(H,20,21). The summed E-state index contributed by atoms with van der Waals surface area (Å²) in [6.45, 7) is 3.89. The van der Waals surface area contributed by atoms with Crippen LogP contribution in [-0.4, -0.2) is 18.5 Å². The molecule has 0 bridgehead atoms. The summed E-state index contributed by atoms with van der Waals surface area (Å²) in [6, 6.07) is 10.1. The zero-order valence-corrected chi connectivity index (χ0v) is 15.1. The SMILES string of the molecule is CCOC(=O)c1cc(CC)sc1NC(=O)c1cc2ccccc2oc1=O. The van der Waals surface area contributed by atoms with E-state index >= 15 is 0 Å². The monoisotopic (exact) mass is 371 g/mol. The lowest BCUT2D eigenvalue weighted by Crippen LogP contribution is -2.21. The van der Waals surface area contributed by atoms with E-state index in [9.17, 15) is 14.4 Å². The Bertz CT molecular complexity index is 1030. The lowest BCUT2D eigenvalue weighted by Gasteiger charge is -2.06. The summed E-state index contributed by atoms with van der Waals surface area (Å²) in [5.41, 5.74) is -0.158. The fraction of sp³-hybridized carbons (Fsp3) is 0.211. The van der Waals surface area contributed by atoms with Crippen LogP contribution >= 0.6 is 11.3 Å². The van der Waals surface area contributed by atoms with Crippen molar-refractivity contribution in [3.63, 3.8) is 0 Å². The Morgan fingerprint density at radius 1 is 1.15 bits per heavy atom. The lowest BCUT2D eigenvalue weighted by atomic mass is 10.2. The highest BCUT2D eigenvalue weighted by Gasteiger charge is 2.21. The topological polar surface area (TPSA) is 85.6 Å². The zero-order chi connectivity index (χ0) is 18.7. The highest BCUT2D eigenvalue weighted by atomic mass is 32.1. The molecular weight excluding hydrogens is 354 g/mol. The van der Waals surface area contributed by atoms with E-state index in [1.807, 2.05) is 6.92 Å². The van der Waals surface area contributed by atoms with Gasteiger partial charge in [0.1, 0.15) is 16.1 Å². The molecule has 0 atom stereocenters. The molecule has 0 aliphatic heterocycles. The fourth-order valence-electron chi connectivity index (χ4n) is 2.46. The minimum absolute atomic E-state index is 0.120. The number of carbonyl (C=O) groups is 2. The van der Waals surface area contributed by atoms with E-state index in [0.29, 0.717) is 22.4 Å². The van der Waals surface area contributed by atoms with Crippen LogP contribution in [0.15, 0.2) is 45.6 Å². The van der Waals surface area contributed by atoms with Crippen molar-refractivity contribution in [1.82, 2.24) is 0 Å². The first-order valence-electron chi connectivity index (χ1n) is 8.17. The third-order valence-corrected chi connectivity index (χ3v) is 4.93. The maximum absolute atomic E-state index is 12.6. The normalized spacial score (nSPS) is 10.7. The molecule has 0 unspecified atom stereocenters. The predicted molar refractivity (Wildman–Crippen MR) is 100 cm³/mol. The third kappa shape index (κ3) is 3.52. The number of thiophene rings is 1. The van der Waals surface area contributed by atoms with Gasteiger partial charge in [-0.05, 0) is 31.5 Å². The Labute approximate surface area is 153 Å². The Morgan fingerprint density at radius 2 is 1.92 bits per heavy atom. The fourth-order valence-corrected chi connectivity index (χ4v) is 3.44. The van der Waals surface area contributed by atoms with Crippen LogP contribution in [0.2, 0.25) is 0 Å². The molecule has 7 heteroatoms. The molecule has 0 aliphatic carbocycles. The quantitative estimate of drug-likeness (QED) is 0.544. The summed E-state index contributed by atoms with van der Waals surface area (Å²) < 4.78 is 10.2. The molecule has 2 heterocycles. The number of para-hydroxylation sites is 1. The van der Waals surface area contributed by atoms with Crippen LogP contribution in [0, 0.1) is 0 Å². The summed E-state index contributed by atoms with van der Waals surface area (Å²) in [5, 5.41) is 3.65. The van der Waals surface area contributed by atoms with Gasteiger partial charge in [0.15, 0.2) is 0 Å². The van der Waals surface area contributed by atoms with E-state index in [2.05, 4.69) is 5.32 Å². The summed E-state index contributed by atoms with van der Waals surface area (Å²) in [4.78, 5) is 37.8. The van der Waals surface area contributed by atoms with Gasteiger partial charge in [-0.25, -0.2) is 9.59 Å². The van der Waals surface area contributed by atoms with Crippen molar-refractivity contribution in [3.8, 4) is 0 Å². The Morgan fingerprint density at radius 3 is 2.65 bits per heavy atom. The van der Waals surface area contributed by atoms with Crippen LogP contribution in [0.25, 0.3) is 11.0 Å². The molecule has 6 nitrogen and oxygen atoms in total. The molecule has 0 fully saturated rings. The molecule has 1 amide bonds. The molecule has 1 N–H and O–H groups in total. The predicted octanol–water partition coefficient (Wildman–Crippen LogP) is 3.85. The summed E-state index contributed by atoms with van der Waals surface area (Å²) in [5.74, 6) is -1.14. The molecule has 3 aromatic rings. The van der Waals surface area contributed by atoms with Crippen LogP contribution in [0.4, 0.5) is 5.00 Å². The minimum atomic E-state index is -0.730. The number of hydrogen-bond acceptors (Lipinski definition) is 6. The van der Waals surface area contributed by atoms with Crippen molar-refractivity contribution in [2.24, 2.45) is 0 Å². The number of aryl methyl sites for hydroxylation is 1.